The Labute approximate surface area is 170 Å². The molecule has 152 valence electrons. The van der Waals surface area contributed by atoms with Gasteiger partial charge in [-0.1, -0.05) is 24.3 Å². The molecule has 0 atom stereocenters. The molecule has 3 amide bonds. The minimum atomic E-state index is -0.0414. The van der Waals surface area contributed by atoms with Crippen LogP contribution in [0.2, 0.25) is 0 Å². The smallest absolute Gasteiger partial charge is 0.317 e. The quantitative estimate of drug-likeness (QED) is 0.722. The molecule has 2 aromatic carbocycles. The zero-order valence-corrected chi connectivity index (χ0v) is 16.4. The van der Waals surface area contributed by atoms with Crippen molar-refractivity contribution in [3.05, 3.63) is 59.7 Å². The Morgan fingerprint density at radius 2 is 1.59 bits per heavy atom. The Balaban J connectivity index is 1.21. The van der Waals surface area contributed by atoms with Crippen molar-refractivity contribution in [3.8, 4) is 5.75 Å². The Morgan fingerprint density at radius 1 is 0.931 bits per heavy atom. The van der Waals surface area contributed by atoms with Gasteiger partial charge in [0.1, 0.15) is 5.75 Å². The van der Waals surface area contributed by atoms with Gasteiger partial charge >= 0.3 is 6.03 Å². The highest BCUT2D eigenvalue weighted by Gasteiger charge is 2.29. The number of benzene rings is 2. The molecule has 1 heterocycles. The molecule has 29 heavy (non-hydrogen) atoms. The number of likely N-dealkylation sites (tertiary alicyclic amines) is 1. The van der Waals surface area contributed by atoms with Crippen LogP contribution in [-0.4, -0.2) is 35.0 Å². The van der Waals surface area contributed by atoms with Crippen molar-refractivity contribution in [2.45, 2.75) is 38.1 Å². The molecule has 1 aliphatic carbocycles. The molecule has 1 saturated carbocycles. The first-order valence-electron chi connectivity index (χ1n) is 10.3. The number of carbonyl (C=O) groups is 2. The third-order valence-corrected chi connectivity index (χ3v) is 5.76. The van der Waals surface area contributed by atoms with Gasteiger partial charge in [0.2, 0.25) is 5.91 Å². The maximum Gasteiger partial charge on any atom is 0.317 e. The summed E-state index contributed by atoms with van der Waals surface area (Å²) in [5.41, 5.74) is 3.02. The highest BCUT2D eigenvalue weighted by molar-refractivity contribution is 5.94. The third kappa shape index (κ3) is 5.08. The molecule has 1 saturated heterocycles. The molecule has 6 nitrogen and oxygen atoms in total. The van der Waals surface area contributed by atoms with Crippen LogP contribution in [0.1, 0.15) is 42.7 Å². The van der Waals surface area contributed by atoms with Gasteiger partial charge in [0, 0.05) is 31.2 Å². The number of aromatic hydroxyl groups is 1. The van der Waals surface area contributed by atoms with E-state index in [1.54, 1.807) is 12.1 Å². The monoisotopic (exact) mass is 393 g/mol. The highest BCUT2D eigenvalue weighted by atomic mass is 16.3. The lowest BCUT2D eigenvalue weighted by Crippen LogP contribution is -2.43. The fourth-order valence-electron chi connectivity index (χ4n) is 3.75. The first-order chi connectivity index (χ1) is 14.1. The van der Waals surface area contributed by atoms with Crippen molar-refractivity contribution in [2.75, 3.05) is 18.4 Å². The fraction of sp³-hybridized carbons (Fsp3) is 0.391. The number of nitrogens with zero attached hydrogens (tertiary/aromatic N) is 1. The summed E-state index contributed by atoms with van der Waals surface area (Å²) in [5.74, 6) is 0.996. The summed E-state index contributed by atoms with van der Waals surface area (Å²) in [6.07, 6.45) is 3.82. The number of amides is 3. The zero-order chi connectivity index (χ0) is 20.2. The summed E-state index contributed by atoms with van der Waals surface area (Å²) in [6.45, 7) is 1.92. The van der Waals surface area contributed by atoms with Gasteiger partial charge < -0.3 is 20.6 Å². The van der Waals surface area contributed by atoms with Gasteiger partial charge in [0.05, 0.1) is 0 Å². The van der Waals surface area contributed by atoms with Crippen LogP contribution in [0.3, 0.4) is 0 Å². The summed E-state index contributed by atoms with van der Waals surface area (Å²) in [7, 11) is 0. The number of nitrogens with one attached hydrogen (secondary N) is 2. The van der Waals surface area contributed by atoms with Crippen LogP contribution in [0.25, 0.3) is 0 Å². The van der Waals surface area contributed by atoms with E-state index in [1.807, 2.05) is 41.3 Å². The second-order valence-corrected chi connectivity index (χ2v) is 7.97. The Morgan fingerprint density at radius 3 is 2.21 bits per heavy atom. The van der Waals surface area contributed by atoms with Crippen LogP contribution in [0.15, 0.2) is 48.5 Å². The minimum Gasteiger partial charge on any atom is -0.508 e. The van der Waals surface area contributed by atoms with Gasteiger partial charge in [-0.05, 0) is 67.0 Å². The molecule has 3 N–H and O–H groups in total. The second-order valence-electron chi connectivity index (χ2n) is 7.97. The number of hydrogen-bond donors (Lipinski definition) is 3. The molecule has 0 bridgehead atoms. The maximum absolute atomic E-state index is 12.5. The highest BCUT2D eigenvalue weighted by Crippen LogP contribution is 2.30. The maximum atomic E-state index is 12.5. The molecule has 0 radical (unpaired) electrons. The molecule has 2 fully saturated rings. The Hall–Kier alpha value is -3.02. The first-order valence-corrected chi connectivity index (χ1v) is 10.3. The average Bonchev–Trinajstić information content (AvgIpc) is 3.59. The van der Waals surface area contributed by atoms with Gasteiger partial charge in [-0.3, -0.25) is 4.79 Å². The number of piperidine rings is 1. The van der Waals surface area contributed by atoms with Crippen LogP contribution in [-0.2, 0) is 11.3 Å². The topological polar surface area (TPSA) is 81.7 Å². The van der Waals surface area contributed by atoms with E-state index in [1.165, 1.54) is 5.56 Å². The lowest BCUT2D eigenvalue weighted by Gasteiger charge is -2.32. The van der Waals surface area contributed by atoms with Crippen molar-refractivity contribution < 1.29 is 14.7 Å². The van der Waals surface area contributed by atoms with Crippen LogP contribution < -0.4 is 10.6 Å². The molecule has 4 rings (SSSR count). The summed E-state index contributed by atoms with van der Waals surface area (Å²) in [5, 5.41) is 15.3. The lowest BCUT2D eigenvalue weighted by atomic mass is 9.89. The summed E-state index contributed by atoms with van der Waals surface area (Å²) in [4.78, 5) is 26.1. The van der Waals surface area contributed by atoms with Crippen molar-refractivity contribution in [3.63, 3.8) is 0 Å². The van der Waals surface area contributed by atoms with Gasteiger partial charge in [-0.25, -0.2) is 4.79 Å². The van der Waals surface area contributed by atoms with Crippen LogP contribution >= 0.6 is 0 Å². The first kappa shape index (κ1) is 19.3. The molecular formula is C23H27N3O3. The van der Waals surface area contributed by atoms with E-state index in [9.17, 15) is 14.7 Å². The van der Waals surface area contributed by atoms with E-state index in [0.717, 1.165) is 50.0 Å². The van der Waals surface area contributed by atoms with Crippen LogP contribution in [0, 0.1) is 5.92 Å². The standard InChI is InChI=1S/C23H27N3O3/c27-21-9-5-17(6-10-21)18-11-13-26(14-12-18)23(29)24-15-16-1-7-20(8-2-16)25-22(28)19-3-4-19/h1-2,5-10,18-19,27H,3-4,11-15H2,(H,24,29)(H,25,28). The van der Waals surface area contributed by atoms with E-state index in [-0.39, 0.29) is 23.6 Å². The van der Waals surface area contributed by atoms with Gasteiger partial charge in [-0.2, -0.15) is 0 Å². The second kappa shape index (κ2) is 8.55. The van der Waals surface area contributed by atoms with Crippen molar-refractivity contribution >= 4 is 17.6 Å². The van der Waals surface area contributed by atoms with E-state index in [0.29, 0.717) is 12.5 Å². The largest absolute Gasteiger partial charge is 0.508 e. The van der Waals surface area contributed by atoms with Crippen molar-refractivity contribution in [1.29, 1.82) is 0 Å². The third-order valence-electron chi connectivity index (χ3n) is 5.76. The number of phenols is 1. The fourth-order valence-corrected chi connectivity index (χ4v) is 3.75. The Bertz CT molecular complexity index is 852. The van der Waals surface area contributed by atoms with Crippen molar-refractivity contribution in [2.24, 2.45) is 5.92 Å². The molecular weight excluding hydrogens is 366 g/mol. The SMILES string of the molecule is O=C(Nc1ccc(CNC(=O)N2CCC(c3ccc(O)cc3)CC2)cc1)C1CC1. The van der Waals surface area contributed by atoms with E-state index < -0.39 is 0 Å². The van der Waals surface area contributed by atoms with Gasteiger partial charge in [-0.15, -0.1) is 0 Å². The number of rotatable bonds is 5. The Kier molecular flexibility index (Phi) is 5.69. The number of anilines is 1. The van der Waals surface area contributed by atoms with Gasteiger partial charge in [0.25, 0.3) is 0 Å². The predicted molar refractivity (Wildman–Crippen MR) is 112 cm³/mol. The molecule has 0 unspecified atom stereocenters. The van der Waals surface area contributed by atoms with E-state index >= 15 is 0 Å². The molecule has 2 aliphatic rings. The predicted octanol–water partition coefficient (Wildman–Crippen LogP) is 3.83. The van der Waals surface area contributed by atoms with Gasteiger partial charge in [0.15, 0.2) is 0 Å². The van der Waals surface area contributed by atoms with Crippen molar-refractivity contribution in [1.82, 2.24) is 10.2 Å². The summed E-state index contributed by atoms with van der Waals surface area (Å²) in [6, 6.07) is 14.9. The van der Waals surface area contributed by atoms with E-state index in [2.05, 4.69) is 10.6 Å². The number of phenolic OH excluding ortho intramolecular Hbond substituents is 1. The average molecular weight is 393 g/mol. The molecule has 1 aliphatic heterocycles. The summed E-state index contributed by atoms with van der Waals surface area (Å²) >= 11 is 0. The molecule has 6 heteroatoms. The summed E-state index contributed by atoms with van der Waals surface area (Å²) < 4.78 is 0. The number of urea groups is 1. The molecule has 0 aromatic heterocycles. The normalized spacial score (nSPS) is 17.0. The number of carbonyl (C=O) groups excluding carboxylic acids is 2. The molecule has 0 spiro atoms. The van der Waals surface area contributed by atoms with Crippen LogP contribution in [0.4, 0.5) is 10.5 Å². The minimum absolute atomic E-state index is 0.0414. The van der Waals surface area contributed by atoms with E-state index in [4.69, 9.17) is 0 Å². The van der Waals surface area contributed by atoms with Crippen LogP contribution in [0.5, 0.6) is 5.75 Å². The zero-order valence-electron chi connectivity index (χ0n) is 16.4. The number of hydrogen-bond acceptors (Lipinski definition) is 3. The molecule has 2 aromatic rings. The lowest BCUT2D eigenvalue weighted by molar-refractivity contribution is -0.117.